The average molecular weight is 277 g/mol. The molecule has 2 atom stereocenters. The Balaban J connectivity index is 0.000000722. The molecule has 1 aromatic rings. The number of fused-ring (bicyclic) bond motifs is 2. The fourth-order valence-electron chi connectivity index (χ4n) is 3.02. The molecular weight excluding hydrogens is 259 g/mol. The van der Waals surface area contributed by atoms with Gasteiger partial charge in [-0.3, -0.25) is 0 Å². The van der Waals surface area contributed by atoms with Gasteiger partial charge in [-0.25, -0.2) is 0 Å². The van der Waals surface area contributed by atoms with E-state index in [0.717, 1.165) is 18.7 Å². The molecule has 0 aromatic carbocycles. The Morgan fingerprint density at radius 1 is 1.18 bits per heavy atom. The SMILES string of the molecule is Cl.Cl.NC1CC2CCC(C1)N2c1cccnn1. The van der Waals surface area contributed by atoms with Gasteiger partial charge in [0, 0.05) is 24.3 Å². The van der Waals surface area contributed by atoms with Crippen LogP contribution in [0.2, 0.25) is 0 Å². The summed E-state index contributed by atoms with van der Waals surface area (Å²) >= 11 is 0. The van der Waals surface area contributed by atoms with Crippen molar-refractivity contribution in [2.24, 2.45) is 5.73 Å². The normalized spacial score (nSPS) is 30.4. The van der Waals surface area contributed by atoms with E-state index in [1.807, 2.05) is 6.07 Å². The number of rotatable bonds is 1. The molecule has 2 bridgehead atoms. The Kier molecular flexibility index (Phi) is 4.98. The summed E-state index contributed by atoms with van der Waals surface area (Å²) in [5.74, 6) is 1.02. The molecule has 3 heterocycles. The zero-order valence-electron chi connectivity index (χ0n) is 9.53. The molecule has 0 spiro atoms. The lowest BCUT2D eigenvalue weighted by molar-refractivity contribution is 0.411. The Bertz CT molecular complexity index is 335. The summed E-state index contributed by atoms with van der Waals surface area (Å²) in [5.41, 5.74) is 6.03. The standard InChI is InChI=1S/C11H16N4.2ClH/c12-8-6-9-3-4-10(7-8)15(9)11-2-1-5-13-14-11;;/h1-2,5,8-10H,3-4,6-7,12H2;2*1H. The van der Waals surface area contributed by atoms with Gasteiger partial charge < -0.3 is 10.6 Å². The Hall–Kier alpha value is -0.580. The molecule has 96 valence electrons. The van der Waals surface area contributed by atoms with E-state index in [1.165, 1.54) is 12.8 Å². The highest BCUT2D eigenvalue weighted by Gasteiger charge is 2.40. The van der Waals surface area contributed by atoms with Crippen molar-refractivity contribution < 1.29 is 0 Å². The Morgan fingerprint density at radius 3 is 2.35 bits per heavy atom. The van der Waals surface area contributed by atoms with Crippen LogP contribution in [-0.2, 0) is 0 Å². The quantitative estimate of drug-likeness (QED) is 0.850. The third-order valence-corrected chi connectivity index (χ3v) is 3.59. The Morgan fingerprint density at radius 2 is 1.82 bits per heavy atom. The van der Waals surface area contributed by atoms with Gasteiger partial charge in [-0.15, -0.1) is 29.9 Å². The van der Waals surface area contributed by atoms with Crippen molar-refractivity contribution in [3.8, 4) is 0 Å². The topological polar surface area (TPSA) is 55.0 Å². The van der Waals surface area contributed by atoms with Gasteiger partial charge in [0.25, 0.3) is 0 Å². The molecule has 0 amide bonds. The smallest absolute Gasteiger partial charge is 0.151 e. The molecule has 2 fully saturated rings. The number of anilines is 1. The molecule has 2 aliphatic rings. The highest BCUT2D eigenvalue weighted by Crippen LogP contribution is 2.37. The molecule has 17 heavy (non-hydrogen) atoms. The highest BCUT2D eigenvalue weighted by atomic mass is 35.5. The molecule has 0 aliphatic carbocycles. The molecule has 2 N–H and O–H groups in total. The van der Waals surface area contributed by atoms with Gasteiger partial charge >= 0.3 is 0 Å². The van der Waals surface area contributed by atoms with Crippen LogP contribution in [0.15, 0.2) is 18.3 Å². The summed E-state index contributed by atoms with van der Waals surface area (Å²) in [6, 6.07) is 5.58. The van der Waals surface area contributed by atoms with Crippen molar-refractivity contribution in [3.05, 3.63) is 18.3 Å². The van der Waals surface area contributed by atoms with E-state index in [-0.39, 0.29) is 24.8 Å². The summed E-state index contributed by atoms with van der Waals surface area (Å²) in [4.78, 5) is 2.43. The molecule has 3 rings (SSSR count). The summed E-state index contributed by atoms with van der Waals surface area (Å²) < 4.78 is 0. The minimum Gasteiger partial charge on any atom is -0.349 e. The van der Waals surface area contributed by atoms with Crippen LogP contribution in [-0.4, -0.2) is 28.3 Å². The summed E-state index contributed by atoms with van der Waals surface area (Å²) in [5, 5.41) is 8.16. The number of aromatic nitrogens is 2. The molecule has 0 saturated carbocycles. The third kappa shape index (κ3) is 2.64. The van der Waals surface area contributed by atoms with Crippen molar-refractivity contribution >= 4 is 30.6 Å². The van der Waals surface area contributed by atoms with Crippen molar-refractivity contribution in [1.82, 2.24) is 10.2 Å². The molecule has 2 aliphatic heterocycles. The first-order chi connectivity index (χ1) is 7.34. The second kappa shape index (κ2) is 5.85. The minimum absolute atomic E-state index is 0. The number of nitrogens with zero attached hydrogens (tertiary/aromatic N) is 3. The number of nitrogens with two attached hydrogens (primary N) is 1. The van der Waals surface area contributed by atoms with Crippen LogP contribution in [0.3, 0.4) is 0 Å². The van der Waals surface area contributed by atoms with Gasteiger partial charge in [0.1, 0.15) is 0 Å². The van der Waals surface area contributed by atoms with E-state index in [4.69, 9.17) is 5.73 Å². The van der Waals surface area contributed by atoms with Gasteiger partial charge in [-0.2, -0.15) is 5.10 Å². The fraction of sp³-hybridized carbons (Fsp3) is 0.636. The second-order valence-corrected chi connectivity index (χ2v) is 4.61. The lowest BCUT2D eigenvalue weighted by Crippen LogP contribution is -2.47. The monoisotopic (exact) mass is 276 g/mol. The highest BCUT2D eigenvalue weighted by molar-refractivity contribution is 5.85. The van der Waals surface area contributed by atoms with Crippen LogP contribution in [0, 0.1) is 0 Å². The first-order valence-corrected chi connectivity index (χ1v) is 5.66. The van der Waals surface area contributed by atoms with E-state index >= 15 is 0 Å². The van der Waals surface area contributed by atoms with Crippen LogP contribution in [0.5, 0.6) is 0 Å². The number of halogens is 2. The van der Waals surface area contributed by atoms with Crippen LogP contribution in [0.1, 0.15) is 25.7 Å². The van der Waals surface area contributed by atoms with E-state index < -0.39 is 0 Å². The first kappa shape index (κ1) is 14.5. The van der Waals surface area contributed by atoms with Gasteiger partial charge in [-0.1, -0.05) is 0 Å². The molecule has 4 nitrogen and oxygen atoms in total. The van der Waals surface area contributed by atoms with E-state index in [9.17, 15) is 0 Å². The fourth-order valence-corrected chi connectivity index (χ4v) is 3.02. The molecule has 2 saturated heterocycles. The molecule has 2 unspecified atom stereocenters. The van der Waals surface area contributed by atoms with Crippen molar-refractivity contribution in [2.45, 2.75) is 43.8 Å². The predicted molar refractivity (Wildman–Crippen MR) is 73.0 cm³/mol. The molecule has 1 aromatic heterocycles. The molecule has 0 radical (unpaired) electrons. The third-order valence-electron chi connectivity index (χ3n) is 3.59. The molecular formula is C11H18Cl2N4. The van der Waals surface area contributed by atoms with Gasteiger partial charge in [0.15, 0.2) is 5.82 Å². The van der Waals surface area contributed by atoms with Crippen molar-refractivity contribution in [1.29, 1.82) is 0 Å². The van der Waals surface area contributed by atoms with Crippen LogP contribution in [0.25, 0.3) is 0 Å². The summed E-state index contributed by atoms with van der Waals surface area (Å²) in [6.07, 6.45) is 6.45. The number of hydrogen-bond acceptors (Lipinski definition) is 4. The maximum absolute atomic E-state index is 6.03. The van der Waals surface area contributed by atoms with E-state index in [2.05, 4.69) is 21.2 Å². The Labute approximate surface area is 114 Å². The lowest BCUT2D eigenvalue weighted by atomic mass is 9.98. The predicted octanol–water partition coefficient (Wildman–Crippen LogP) is 1.78. The summed E-state index contributed by atoms with van der Waals surface area (Å²) in [6.45, 7) is 0. The van der Waals surface area contributed by atoms with Crippen molar-refractivity contribution in [3.63, 3.8) is 0 Å². The maximum atomic E-state index is 6.03. The zero-order valence-corrected chi connectivity index (χ0v) is 11.2. The van der Waals surface area contributed by atoms with Crippen LogP contribution in [0.4, 0.5) is 5.82 Å². The minimum atomic E-state index is 0. The summed E-state index contributed by atoms with van der Waals surface area (Å²) in [7, 11) is 0. The van der Waals surface area contributed by atoms with Crippen LogP contribution < -0.4 is 10.6 Å². The maximum Gasteiger partial charge on any atom is 0.151 e. The van der Waals surface area contributed by atoms with E-state index in [1.54, 1.807) is 6.20 Å². The number of piperidine rings is 1. The number of hydrogen-bond donors (Lipinski definition) is 1. The zero-order chi connectivity index (χ0) is 10.3. The average Bonchev–Trinajstić information content (AvgIpc) is 2.53. The van der Waals surface area contributed by atoms with Gasteiger partial charge in [0.05, 0.1) is 0 Å². The van der Waals surface area contributed by atoms with Crippen LogP contribution >= 0.6 is 24.8 Å². The largest absolute Gasteiger partial charge is 0.349 e. The first-order valence-electron chi connectivity index (χ1n) is 5.66. The van der Waals surface area contributed by atoms with E-state index in [0.29, 0.717) is 18.1 Å². The van der Waals surface area contributed by atoms with Gasteiger partial charge in [-0.05, 0) is 37.8 Å². The van der Waals surface area contributed by atoms with Gasteiger partial charge in [0.2, 0.25) is 0 Å². The van der Waals surface area contributed by atoms with Crippen molar-refractivity contribution in [2.75, 3.05) is 4.90 Å². The lowest BCUT2D eigenvalue weighted by Gasteiger charge is -2.38. The second-order valence-electron chi connectivity index (χ2n) is 4.61. The molecule has 6 heteroatoms.